The van der Waals surface area contributed by atoms with E-state index in [-0.39, 0.29) is 18.2 Å². The van der Waals surface area contributed by atoms with Crippen LogP contribution in [0.2, 0.25) is 0 Å². The van der Waals surface area contributed by atoms with Gasteiger partial charge in [0.05, 0.1) is 6.61 Å². The summed E-state index contributed by atoms with van der Waals surface area (Å²) in [6.45, 7) is 2.02. The molecule has 0 radical (unpaired) electrons. The highest BCUT2D eigenvalue weighted by atomic mass is 32.1. The highest BCUT2D eigenvalue weighted by Crippen LogP contribution is 2.20. The lowest BCUT2D eigenvalue weighted by molar-refractivity contribution is 0.0520. The molecule has 118 valence electrons. The maximum absolute atomic E-state index is 12.3. The Labute approximate surface area is 136 Å². The number of fused-ring (bicyclic) bond motifs is 1. The molecule has 0 aliphatic carbocycles. The number of aromatic nitrogens is 2. The number of benzene rings is 1. The fourth-order valence-corrected chi connectivity index (χ4v) is 2.88. The second-order valence-electron chi connectivity index (χ2n) is 4.91. The van der Waals surface area contributed by atoms with Gasteiger partial charge in [-0.15, -0.1) is 11.3 Å². The van der Waals surface area contributed by atoms with Crippen molar-refractivity contribution in [1.82, 2.24) is 9.55 Å². The summed E-state index contributed by atoms with van der Waals surface area (Å²) in [7, 11) is 1.93. The van der Waals surface area contributed by atoms with E-state index in [1.54, 1.807) is 18.4 Å². The summed E-state index contributed by atoms with van der Waals surface area (Å²) in [5.41, 5.74) is 1.71. The van der Waals surface area contributed by atoms with E-state index in [1.807, 2.05) is 36.0 Å². The number of thiazole rings is 1. The number of carbonyl (C=O) groups is 2. The Morgan fingerprint density at radius 1 is 1.35 bits per heavy atom. The molecule has 0 fully saturated rings. The maximum Gasteiger partial charge on any atom is 0.357 e. The Kier molecular flexibility index (Phi) is 4.12. The molecule has 0 aliphatic rings. The third-order valence-electron chi connectivity index (χ3n) is 3.36. The second-order valence-corrected chi connectivity index (χ2v) is 5.77. The standard InChI is InChI=1S/C16H15N3O3S/c1-3-22-15(21)12-9-23-16(17-12)18-14(20)11-5-4-10-6-7-19(2)13(10)8-11/h4-9H,3H2,1-2H3,(H,17,18,20). The van der Waals surface area contributed by atoms with Crippen molar-refractivity contribution in [3.63, 3.8) is 0 Å². The van der Waals surface area contributed by atoms with Crippen molar-refractivity contribution in [3.8, 4) is 0 Å². The van der Waals surface area contributed by atoms with Crippen molar-refractivity contribution in [2.75, 3.05) is 11.9 Å². The molecule has 3 rings (SSSR count). The number of rotatable bonds is 4. The Morgan fingerprint density at radius 2 is 2.17 bits per heavy atom. The average Bonchev–Trinajstić information content (AvgIpc) is 3.15. The fraction of sp³-hybridized carbons (Fsp3) is 0.188. The molecule has 0 saturated heterocycles. The van der Waals surface area contributed by atoms with Crippen LogP contribution in [-0.2, 0) is 11.8 Å². The van der Waals surface area contributed by atoms with Gasteiger partial charge in [-0.3, -0.25) is 10.1 Å². The Balaban J connectivity index is 1.77. The van der Waals surface area contributed by atoms with Gasteiger partial charge in [0, 0.05) is 29.7 Å². The van der Waals surface area contributed by atoms with E-state index in [2.05, 4.69) is 10.3 Å². The summed E-state index contributed by atoms with van der Waals surface area (Å²) < 4.78 is 6.83. The Hall–Kier alpha value is -2.67. The molecule has 2 aromatic heterocycles. The summed E-state index contributed by atoms with van der Waals surface area (Å²) in [6, 6.07) is 7.47. The zero-order valence-electron chi connectivity index (χ0n) is 12.7. The van der Waals surface area contributed by atoms with Gasteiger partial charge in [0.2, 0.25) is 0 Å². The molecular weight excluding hydrogens is 314 g/mol. The van der Waals surface area contributed by atoms with E-state index in [9.17, 15) is 9.59 Å². The van der Waals surface area contributed by atoms with E-state index in [0.717, 1.165) is 10.9 Å². The maximum atomic E-state index is 12.3. The second kappa shape index (κ2) is 6.21. The first-order chi connectivity index (χ1) is 11.1. The third kappa shape index (κ3) is 3.09. The number of hydrogen-bond acceptors (Lipinski definition) is 5. The molecule has 0 bridgehead atoms. The fourth-order valence-electron chi connectivity index (χ4n) is 2.20. The van der Waals surface area contributed by atoms with Crippen molar-refractivity contribution in [1.29, 1.82) is 0 Å². The number of aryl methyl sites for hydroxylation is 1. The summed E-state index contributed by atoms with van der Waals surface area (Å²) in [4.78, 5) is 28.0. The molecule has 7 heteroatoms. The Morgan fingerprint density at radius 3 is 2.96 bits per heavy atom. The minimum atomic E-state index is -0.491. The van der Waals surface area contributed by atoms with Crippen molar-refractivity contribution in [3.05, 3.63) is 47.1 Å². The van der Waals surface area contributed by atoms with Crippen molar-refractivity contribution in [2.24, 2.45) is 7.05 Å². The molecule has 0 saturated carbocycles. The zero-order valence-corrected chi connectivity index (χ0v) is 13.5. The van der Waals surface area contributed by atoms with Crippen molar-refractivity contribution in [2.45, 2.75) is 6.92 Å². The minimum Gasteiger partial charge on any atom is -0.461 e. The van der Waals surface area contributed by atoms with Gasteiger partial charge in [0.15, 0.2) is 10.8 Å². The summed E-state index contributed by atoms with van der Waals surface area (Å²) in [5.74, 6) is -0.757. The molecule has 1 N–H and O–H groups in total. The number of hydrogen-bond donors (Lipinski definition) is 1. The van der Waals surface area contributed by atoms with Crippen LogP contribution < -0.4 is 5.32 Å². The molecule has 0 spiro atoms. The number of esters is 1. The van der Waals surface area contributed by atoms with Gasteiger partial charge < -0.3 is 9.30 Å². The van der Waals surface area contributed by atoms with Crippen molar-refractivity contribution < 1.29 is 14.3 Å². The summed E-state index contributed by atoms with van der Waals surface area (Å²) in [5, 5.41) is 5.70. The van der Waals surface area contributed by atoms with E-state index < -0.39 is 5.97 Å². The molecular formula is C16H15N3O3S. The van der Waals surface area contributed by atoms with Crippen LogP contribution in [0.4, 0.5) is 5.13 Å². The summed E-state index contributed by atoms with van der Waals surface area (Å²) in [6.07, 6.45) is 1.94. The van der Waals surface area contributed by atoms with Crippen LogP contribution in [0.5, 0.6) is 0 Å². The van der Waals surface area contributed by atoms with E-state index in [1.165, 1.54) is 11.3 Å². The van der Waals surface area contributed by atoms with Crippen LogP contribution in [0.15, 0.2) is 35.8 Å². The molecule has 0 aliphatic heterocycles. The molecule has 0 atom stereocenters. The highest BCUT2D eigenvalue weighted by molar-refractivity contribution is 7.14. The van der Waals surface area contributed by atoms with Crippen LogP contribution in [0.25, 0.3) is 10.9 Å². The Bertz CT molecular complexity index is 882. The molecule has 1 aromatic carbocycles. The lowest BCUT2D eigenvalue weighted by Crippen LogP contribution is -2.12. The first-order valence-corrected chi connectivity index (χ1v) is 7.95. The number of nitrogens with one attached hydrogen (secondary N) is 1. The first kappa shape index (κ1) is 15.2. The summed E-state index contributed by atoms with van der Waals surface area (Å²) >= 11 is 1.19. The number of nitrogens with zero attached hydrogens (tertiary/aromatic N) is 2. The van der Waals surface area contributed by atoms with Gasteiger partial charge >= 0.3 is 5.97 Å². The molecule has 23 heavy (non-hydrogen) atoms. The van der Waals surface area contributed by atoms with Gasteiger partial charge in [0.1, 0.15) is 0 Å². The normalized spacial score (nSPS) is 10.7. The quantitative estimate of drug-likeness (QED) is 0.747. The number of anilines is 1. The lowest BCUT2D eigenvalue weighted by Gasteiger charge is -2.03. The average molecular weight is 329 g/mol. The smallest absolute Gasteiger partial charge is 0.357 e. The molecule has 6 nitrogen and oxygen atoms in total. The van der Waals surface area contributed by atoms with Crippen LogP contribution in [-0.4, -0.2) is 28.0 Å². The molecule has 1 amide bonds. The van der Waals surface area contributed by atoms with Crippen molar-refractivity contribution >= 4 is 39.2 Å². The molecule has 0 unspecified atom stereocenters. The number of ether oxygens (including phenoxy) is 1. The number of carbonyl (C=O) groups excluding carboxylic acids is 2. The first-order valence-electron chi connectivity index (χ1n) is 7.07. The predicted molar refractivity (Wildman–Crippen MR) is 88.9 cm³/mol. The predicted octanol–water partition coefficient (Wildman–Crippen LogP) is 3.06. The molecule has 2 heterocycles. The van der Waals surface area contributed by atoms with E-state index in [4.69, 9.17) is 4.74 Å². The SMILES string of the molecule is CCOC(=O)c1csc(NC(=O)c2ccc3ccn(C)c3c2)n1. The molecule has 3 aromatic rings. The van der Waals surface area contributed by atoms with E-state index >= 15 is 0 Å². The van der Waals surface area contributed by atoms with Crippen LogP contribution in [0, 0.1) is 0 Å². The van der Waals surface area contributed by atoms with Gasteiger partial charge in [0.25, 0.3) is 5.91 Å². The zero-order chi connectivity index (χ0) is 16.4. The topological polar surface area (TPSA) is 73.2 Å². The monoisotopic (exact) mass is 329 g/mol. The van der Waals surface area contributed by atoms with Crippen LogP contribution in [0.1, 0.15) is 27.8 Å². The van der Waals surface area contributed by atoms with Gasteiger partial charge in [-0.1, -0.05) is 6.07 Å². The lowest BCUT2D eigenvalue weighted by atomic mass is 10.1. The van der Waals surface area contributed by atoms with Gasteiger partial charge in [-0.2, -0.15) is 0 Å². The van der Waals surface area contributed by atoms with E-state index in [0.29, 0.717) is 10.7 Å². The largest absolute Gasteiger partial charge is 0.461 e. The van der Waals surface area contributed by atoms with Crippen LogP contribution >= 0.6 is 11.3 Å². The van der Waals surface area contributed by atoms with Crippen LogP contribution in [0.3, 0.4) is 0 Å². The third-order valence-corrected chi connectivity index (χ3v) is 4.12. The number of amides is 1. The van der Waals surface area contributed by atoms with Gasteiger partial charge in [-0.05, 0) is 30.5 Å². The minimum absolute atomic E-state index is 0.199. The van der Waals surface area contributed by atoms with Gasteiger partial charge in [-0.25, -0.2) is 9.78 Å². The highest BCUT2D eigenvalue weighted by Gasteiger charge is 2.14.